The maximum absolute atomic E-state index is 9.74. The molecule has 1 nitrogen and oxygen atoms in total. The van der Waals surface area contributed by atoms with Gasteiger partial charge in [-0.3, -0.25) is 0 Å². The molecule has 0 aliphatic heterocycles. The molecule has 0 aliphatic rings. The van der Waals surface area contributed by atoms with Gasteiger partial charge in [0, 0.05) is 12.0 Å². The molecule has 1 aromatic heterocycles. The summed E-state index contributed by atoms with van der Waals surface area (Å²) >= 11 is 12.9. The summed E-state index contributed by atoms with van der Waals surface area (Å²) < 4.78 is 1.16. The molecule has 1 rings (SSSR count). The molecule has 0 fully saturated rings. The van der Waals surface area contributed by atoms with Crippen LogP contribution in [0.4, 0.5) is 0 Å². The molecule has 1 N–H and O–H groups in total. The second-order valence-corrected chi connectivity index (χ2v) is 5.18. The molecule has 14 heavy (non-hydrogen) atoms. The number of hydrogen-bond donors (Lipinski definition) is 1. The van der Waals surface area contributed by atoms with Crippen LogP contribution in [0.15, 0.2) is 6.07 Å². The van der Waals surface area contributed by atoms with Crippen molar-refractivity contribution in [2.45, 2.75) is 25.4 Å². The van der Waals surface area contributed by atoms with E-state index in [1.165, 1.54) is 11.3 Å². The number of aliphatic hydroxyl groups excluding tert-OH is 1. The Balaban J connectivity index is 2.56. The van der Waals surface area contributed by atoms with Gasteiger partial charge in [0.05, 0.1) is 10.4 Å². The van der Waals surface area contributed by atoms with Crippen molar-refractivity contribution in [2.75, 3.05) is 0 Å². The zero-order valence-corrected chi connectivity index (χ0v) is 9.79. The van der Waals surface area contributed by atoms with Gasteiger partial charge in [0.2, 0.25) is 0 Å². The lowest BCUT2D eigenvalue weighted by Crippen LogP contribution is -1.95. The number of rotatable bonds is 4. The van der Waals surface area contributed by atoms with Gasteiger partial charge in [-0.2, -0.15) is 0 Å². The summed E-state index contributed by atoms with van der Waals surface area (Å²) in [5.74, 6) is 2.53. The molecule has 4 heteroatoms. The van der Waals surface area contributed by atoms with Gasteiger partial charge in [0.15, 0.2) is 0 Å². The van der Waals surface area contributed by atoms with E-state index in [4.69, 9.17) is 29.6 Å². The Hall–Kier alpha value is -0.200. The summed E-state index contributed by atoms with van der Waals surface area (Å²) in [5, 5.41) is 9.74. The molecule has 0 amide bonds. The van der Waals surface area contributed by atoms with Crippen LogP contribution in [0, 0.1) is 12.3 Å². The van der Waals surface area contributed by atoms with E-state index in [2.05, 4.69) is 5.92 Å². The first-order valence-corrected chi connectivity index (χ1v) is 5.78. The van der Waals surface area contributed by atoms with Crippen LogP contribution < -0.4 is 0 Å². The summed E-state index contributed by atoms with van der Waals surface area (Å²) in [6.45, 7) is 0. The van der Waals surface area contributed by atoms with Crippen LogP contribution in [-0.2, 0) is 0 Å². The predicted octanol–water partition coefficient (Wildman–Crippen LogP) is 3.89. The van der Waals surface area contributed by atoms with E-state index < -0.39 is 6.10 Å². The second-order valence-electron chi connectivity index (χ2n) is 2.89. The highest BCUT2D eigenvalue weighted by Crippen LogP contribution is 2.36. The Morgan fingerprint density at radius 3 is 2.79 bits per heavy atom. The molecular weight excluding hydrogens is 239 g/mol. The number of hydrogen-bond acceptors (Lipinski definition) is 2. The van der Waals surface area contributed by atoms with E-state index in [1.807, 2.05) is 0 Å². The zero-order chi connectivity index (χ0) is 10.6. The SMILES string of the molecule is C#CCCCC(O)c1cc(Cl)sc1Cl. The Morgan fingerprint density at radius 1 is 1.57 bits per heavy atom. The number of terminal acetylenes is 1. The Labute approximate surface area is 97.7 Å². The molecule has 76 valence electrons. The molecule has 1 atom stereocenters. The van der Waals surface area contributed by atoms with Crippen LogP contribution in [0.5, 0.6) is 0 Å². The van der Waals surface area contributed by atoms with Crippen molar-refractivity contribution in [3.8, 4) is 12.3 Å². The van der Waals surface area contributed by atoms with E-state index in [9.17, 15) is 5.11 Å². The van der Waals surface area contributed by atoms with E-state index >= 15 is 0 Å². The molecule has 1 heterocycles. The standard InChI is InChI=1S/C10H10Cl2OS/c1-2-3-4-5-8(13)7-6-9(11)14-10(7)12/h1,6,8,13H,3-5H2. The third kappa shape index (κ3) is 3.18. The summed E-state index contributed by atoms with van der Waals surface area (Å²) in [7, 11) is 0. The van der Waals surface area contributed by atoms with Crippen LogP contribution in [0.1, 0.15) is 30.9 Å². The fourth-order valence-corrected chi connectivity index (χ4v) is 2.70. The van der Waals surface area contributed by atoms with Gasteiger partial charge < -0.3 is 5.11 Å². The van der Waals surface area contributed by atoms with Gasteiger partial charge in [0.25, 0.3) is 0 Å². The Kier molecular flexibility index (Phi) is 4.77. The summed E-state index contributed by atoms with van der Waals surface area (Å²) in [6, 6.07) is 1.70. The average molecular weight is 249 g/mol. The maximum atomic E-state index is 9.74. The van der Waals surface area contributed by atoms with Crippen LogP contribution in [-0.4, -0.2) is 5.11 Å². The van der Waals surface area contributed by atoms with E-state index in [1.54, 1.807) is 6.07 Å². The maximum Gasteiger partial charge on any atom is 0.100 e. The minimum absolute atomic E-state index is 0.556. The first-order chi connectivity index (χ1) is 6.65. The van der Waals surface area contributed by atoms with Gasteiger partial charge in [-0.25, -0.2) is 0 Å². The van der Waals surface area contributed by atoms with Crippen LogP contribution >= 0.6 is 34.5 Å². The lowest BCUT2D eigenvalue weighted by atomic mass is 10.1. The lowest BCUT2D eigenvalue weighted by Gasteiger charge is -2.07. The molecule has 0 bridgehead atoms. The van der Waals surface area contributed by atoms with Crippen LogP contribution in [0.3, 0.4) is 0 Å². The number of aliphatic hydroxyl groups is 1. The lowest BCUT2D eigenvalue weighted by molar-refractivity contribution is 0.166. The highest BCUT2D eigenvalue weighted by Gasteiger charge is 2.14. The monoisotopic (exact) mass is 248 g/mol. The Morgan fingerprint density at radius 2 is 2.29 bits per heavy atom. The zero-order valence-electron chi connectivity index (χ0n) is 7.46. The van der Waals surface area contributed by atoms with Crippen molar-refractivity contribution < 1.29 is 5.11 Å². The summed E-state index contributed by atoms with van der Waals surface area (Å²) in [4.78, 5) is 0. The minimum Gasteiger partial charge on any atom is -0.388 e. The highest BCUT2D eigenvalue weighted by molar-refractivity contribution is 7.20. The quantitative estimate of drug-likeness (QED) is 0.634. The van der Waals surface area contributed by atoms with Gasteiger partial charge >= 0.3 is 0 Å². The van der Waals surface area contributed by atoms with Crippen molar-refractivity contribution in [2.24, 2.45) is 0 Å². The molecule has 0 saturated heterocycles. The van der Waals surface area contributed by atoms with Gasteiger partial charge in [-0.05, 0) is 18.9 Å². The number of halogens is 2. The normalized spacial score (nSPS) is 12.4. The fourth-order valence-electron chi connectivity index (χ4n) is 1.13. The van der Waals surface area contributed by atoms with Gasteiger partial charge in [-0.1, -0.05) is 23.2 Å². The van der Waals surface area contributed by atoms with E-state index in [0.717, 1.165) is 6.42 Å². The number of thiophene rings is 1. The Bertz CT molecular complexity index is 340. The third-order valence-electron chi connectivity index (χ3n) is 1.84. The molecule has 1 aromatic rings. The van der Waals surface area contributed by atoms with Crippen molar-refractivity contribution >= 4 is 34.5 Å². The van der Waals surface area contributed by atoms with Crippen molar-refractivity contribution in [1.29, 1.82) is 0 Å². The number of unbranched alkanes of at least 4 members (excludes halogenated alkanes) is 1. The molecule has 1 unspecified atom stereocenters. The molecular formula is C10H10Cl2OS. The summed E-state index contributed by atoms with van der Waals surface area (Å²) in [6.07, 6.45) is 6.64. The summed E-state index contributed by atoms with van der Waals surface area (Å²) in [5.41, 5.74) is 0.707. The highest BCUT2D eigenvalue weighted by atomic mass is 35.5. The first kappa shape index (κ1) is 11.9. The largest absolute Gasteiger partial charge is 0.388 e. The minimum atomic E-state index is -0.556. The second kappa shape index (κ2) is 5.63. The van der Waals surface area contributed by atoms with Crippen LogP contribution in [0.2, 0.25) is 8.67 Å². The third-order valence-corrected chi connectivity index (χ3v) is 3.36. The van der Waals surface area contributed by atoms with Crippen molar-refractivity contribution in [3.05, 3.63) is 20.3 Å². The first-order valence-electron chi connectivity index (χ1n) is 4.21. The van der Waals surface area contributed by atoms with Crippen molar-refractivity contribution in [3.63, 3.8) is 0 Å². The molecule has 0 aromatic carbocycles. The smallest absolute Gasteiger partial charge is 0.100 e. The van der Waals surface area contributed by atoms with E-state index in [-0.39, 0.29) is 0 Å². The molecule has 0 saturated carbocycles. The van der Waals surface area contributed by atoms with Crippen LogP contribution in [0.25, 0.3) is 0 Å². The van der Waals surface area contributed by atoms with E-state index in [0.29, 0.717) is 27.1 Å². The average Bonchev–Trinajstić information content (AvgIpc) is 2.45. The topological polar surface area (TPSA) is 20.2 Å². The molecule has 0 spiro atoms. The van der Waals surface area contributed by atoms with Gasteiger partial charge in [0.1, 0.15) is 4.34 Å². The molecule has 0 radical (unpaired) electrons. The predicted molar refractivity (Wildman–Crippen MR) is 62.0 cm³/mol. The van der Waals surface area contributed by atoms with Gasteiger partial charge in [-0.15, -0.1) is 23.7 Å². The van der Waals surface area contributed by atoms with Crippen molar-refractivity contribution in [1.82, 2.24) is 0 Å². The fraction of sp³-hybridized carbons (Fsp3) is 0.400. The molecule has 0 aliphatic carbocycles.